The predicted octanol–water partition coefficient (Wildman–Crippen LogP) is 2.70. The molecule has 1 saturated carbocycles. The molecule has 16 heavy (non-hydrogen) atoms. The molecular weight excluding hydrogens is 205 g/mol. The van der Waals surface area contributed by atoms with Crippen molar-refractivity contribution in [3.8, 4) is 0 Å². The smallest absolute Gasteiger partial charge is 0.141 e. The van der Waals surface area contributed by atoms with Gasteiger partial charge in [-0.05, 0) is 43.2 Å². The summed E-state index contributed by atoms with van der Waals surface area (Å²) in [6, 6.07) is 1.49. The average molecular weight is 223 g/mol. The molecular formula is C13H18FNO. The molecule has 1 aromatic heterocycles. The number of rotatable bonds is 4. The van der Waals surface area contributed by atoms with Gasteiger partial charge in [0, 0.05) is 6.20 Å². The van der Waals surface area contributed by atoms with Crippen molar-refractivity contribution in [3.05, 3.63) is 29.8 Å². The van der Waals surface area contributed by atoms with Crippen molar-refractivity contribution in [2.24, 2.45) is 5.92 Å². The lowest BCUT2D eigenvalue weighted by atomic mass is 9.95. The maximum atomic E-state index is 12.9. The highest BCUT2D eigenvalue weighted by atomic mass is 19.1. The lowest BCUT2D eigenvalue weighted by Gasteiger charge is -2.17. The predicted molar refractivity (Wildman–Crippen MR) is 60.5 cm³/mol. The first-order valence-corrected chi connectivity index (χ1v) is 6.03. The number of halogens is 1. The van der Waals surface area contributed by atoms with Gasteiger partial charge in [-0.2, -0.15) is 0 Å². The number of aliphatic hydroxyl groups is 1. The van der Waals surface area contributed by atoms with Gasteiger partial charge in [-0.15, -0.1) is 0 Å². The van der Waals surface area contributed by atoms with E-state index in [-0.39, 0.29) is 11.9 Å². The Morgan fingerprint density at radius 2 is 2.12 bits per heavy atom. The van der Waals surface area contributed by atoms with Gasteiger partial charge in [-0.1, -0.05) is 12.8 Å². The van der Waals surface area contributed by atoms with Crippen LogP contribution >= 0.6 is 0 Å². The van der Waals surface area contributed by atoms with Crippen molar-refractivity contribution >= 4 is 0 Å². The molecule has 0 radical (unpaired) electrons. The Bertz CT molecular complexity index is 336. The van der Waals surface area contributed by atoms with E-state index in [0.717, 1.165) is 24.8 Å². The van der Waals surface area contributed by atoms with E-state index in [1.807, 2.05) is 0 Å². The van der Waals surface area contributed by atoms with Crippen LogP contribution in [0.3, 0.4) is 0 Å². The minimum absolute atomic E-state index is 0.231. The molecule has 0 spiro atoms. The van der Waals surface area contributed by atoms with Gasteiger partial charge in [0.05, 0.1) is 12.3 Å². The van der Waals surface area contributed by atoms with E-state index in [1.165, 1.54) is 25.1 Å². The largest absolute Gasteiger partial charge is 0.393 e. The second-order valence-electron chi connectivity index (χ2n) is 4.66. The molecule has 1 aliphatic carbocycles. The Balaban J connectivity index is 1.82. The zero-order chi connectivity index (χ0) is 11.4. The van der Waals surface area contributed by atoms with Crippen LogP contribution in [0.15, 0.2) is 18.5 Å². The van der Waals surface area contributed by atoms with Crippen molar-refractivity contribution < 1.29 is 9.50 Å². The third-order valence-corrected chi connectivity index (χ3v) is 3.43. The number of aromatic nitrogens is 1. The SMILES string of the molecule is OC(CCc1cncc(F)c1)C1CCCC1. The van der Waals surface area contributed by atoms with Crippen LogP contribution in [0.4, 0.5) is 4.39 Å². The molecule has 2 nitrogen and oxygen atoms in total. The minimum Gasteiger partial charge on any atom is -0.393 e. The maximum absolute atomic E-state index is 12.9. The van der Waals surface area contributed by atoms with E-state index < -0.39 is 0 Å². The molecule has 1 aromatic rings. The number of aliphatic hydroxyl groups excluding tert-OH is 1. The van der Waals surface area contributed by atoms with Crippen LogP contribution in [0.25, 0.3) is 0 Å². The van der Waals surface area contributed by atoms with Gasteiger partial charge in [0.2, 0.25) is 0 Å². The van der Waals surface area contributed by atoms with Crippen LogP contribution in [-0.2, 0) is 6.42 Å². The summed E-state index contributed by atoms with van der Waals surface area (Å²) >= 11 is 0. The van der Waals surface area contributed by atoms with E-state index in [2.05, 4.69) is 4.98 Å². The summed E-state index contributed by atoms with van der Waals surface area (Å²) in [6.07, 6.45) is 8.84. The molecule has 1 heterocycles. The van der Waals surface area contributed by atoms with Crippen molar-refractivity contribution in [2.45, 2.75) is 44.6 Å². The maximum Gasteiger partial charge on any atom is 0.141 e. The lowest BCUT2D eigenvalue weighted by Crippen LogP contribution is -2.18. The summed E-state index contributed by atoms with van der Waals surface area (Å²) in [7, 11) is 0. The second-order valence-corrected chi connectivity index (χ2v) is 4.66. The van der Waals surface area contributed by atoms with Crippen LogP contribution in [0.1, 0.15) is 37.7 Å². The molecule has 1 fully saturated rings. The monoisotopic (exact) mass is 223 g/mol. The summed E-state index contributed by atoms with van der Waals surface area (Å²) in [5.74, 6) is 0.161. The van der Waals surface area contributed by atoms with Gasteiger partial charge in [0.25, 0.3) is 0 Å². The normalized spacial score (nSPS) is 18.9. The molecule has 1 aliphatic rings. The molecule has 2 rings (SSSR count). The zero-order valence-electron chi connectivity index (χ0n) is 9.40. The van der Waals surface area contributed by atoms with Crippen molar-refractivity contribution in [1.82, 2.24) is 4.98 Å². The fraction of sp³-hybridized carbons (Fsp3) is 0.615. The molecule has 0 aliphatic heterocycles. The molecule has 0 amide bonds. The molecule has 0 aromatic carbocycles. The van der Waals surface area contributed by atoms with Crippen LogP contribution in [-0.4, -0.2) is 16.2 Å². The fourth-order valence-electron chi connectivity index (χ4n) is 2.48. The number of pyridine rings is 1. The standard InChI is InChI=1S/C13H18FNO/c14-12-7-10(8-15-9-12)5-6-13(16)11-3-1-2-4-11/h7-9,11,13,16H,1-6H2. The van der Waals surface area contributed by atoms with Crippen LogP contribution in [0.5, 0.6) is 0 Å². The third-order valence-electron chi connectivity index (χ3n) is 3.43. The quantitative estimate of drug-likeness (QED) is 0.851. The Morgan fingerprint density at radius 1 is 1.38 bits per heavy atom. The fourth-order valence-corrected chi connectivity index (χ4v) is 2.48. The number of aryl methyl sites for hydroxylation is 1. The van der Waals surface area contributed by atoms with Gasteiger partial charge >= 0.3 is 0 Å². The van der Waals surface area contributed by atoms with E-state index in [9.17, 15) is 9.50 Å². The van der Waals surface area contributed by atoms with Crippen LogP contribution in [0.2, 0.25) is 0 Å². The average Bonchev–Trinajstić information content (AvgIpc) is 2.79. The summed E-state index contributed by atoms with van der Waals surface area (Å²) in [4.78, 5) is 3.80. The van der Waals surface area contributed by atoms with Gasteiger partial charge in [0.15, 0.2) is 0 Å². The highest BCUT2D eigenvalue weighted by Crippen LogP contribution is 2.29. The minimum atomic E-state index is -0.298. The first kappa shape index (κ1) is 11.5. The molecule has 1 N–H and O–H groups in total. The van der Waals surface area contributed by atoms with Gasteiger partial charge in [-0.25, -0.2) is 4.39 Å². The number of hydrogen-bond acceptors (Lipinski definition) is 2. The van der Waals surface area contributed by atoms with Crippen LogP contribution < -0.4 is 0 Å². The van der Waals surface area contributed by atoms with Crippen molar-refractivity contribution in [3.63, 3.8) is 0 Å². The highest BCUT2D eigenvalue weighted by Gasteiger charge is 2.22. The van der Waals surface area contributed by atoms with Crippen molar-refractivity contribution in [1.29, 1.82) is 0 Å². The summed E-state index contributed by atoms with van der Waals surface area (Å²) in [6.45, 7) is 0. The number of hydrogen-bond donors (Lipinski definition) is 1. The second kappa shape index (κ2) is 5.39. The molecule has 0 bridgehead atoms. The molecule has 1 atom stereocenters. The molecule has 0 saturated heterocycles. The molecule has 3 heteroatoms. The van der Waals surface area contributed by atoms with E-state index in [1.54, 1.807) is 6.20 Å². The Kier molecular flexibility index (Phi) is 3.88. The van der Waals surface area contributed by atoms with Gasteiger partial charge in [0.1, 0.15) is 5.82 Å². The summed E-state index contributed by atoms with van der Waals surface area (Å²) < 4.78 is 12.9. The van der Waals surface area contributed by atoms with E-state index in [0.29, 0.717) is 12.3 Å². The Labute approximate surface area is 95.5 Å². The van der Waals surface area contributed by atoms with E-state index >= 15 is 0 Å². The zero-order valence-corrected chi connectivity index (χ0v) is 9.40. The molecule has 1 unspecified atom stereocenters. The summed E-state index contributed by atoms with van der Waals surface area (Å²) in [5, 5.41) is 9.97. The third kappa shape index (κ3) is 3.01. The molecule has 88 valence electrons. The van der Waals surface area contributed by atoms with Crippen molar-refractivity contribution in [2.75, 3.05) is 0 Å². The topological polar surface area (TPSA) is 33.1 Å². The lowest BCUT2D eigenvalue weighted by molar-refractivity contribution is 0.102. The highest BCUT2D eigenvalue weighted by molar-refractivity contribution is 5.10. The van der Waals surface area contributed by atoms with Crippen LogP contribution in [0, 0.1) is 11.7 Å². The number of nitrogens with zero attached hydrogens (tertiary/aromatic N) is 1. The van der Waals surface area contributed by atoms with Gasteiger partial charge < -0.3 is 5.11 Å². The first-order chi connectivity index (χ1) is 7.75. The Hall–Kier alpha value is -0.960. The Morgan fingerprint density at radius 3 is 2.81 bits per heavy atom. The first-order valence-electron chi connectivity index (χ1n) is 6.03. The van der Waals surface area contributed by atoms with E-state index in [4.69, 9.17) is 0 Å². The summed E-state index contributed by atoms with van der Waals surface area (Å²) in [5.41, 5.74) is 0.872. The van der Waals surface area contributed by atoms with Gasteiger partial charge in [-0.3, -0.25) is 4.98 Å².